The van der Waals surface area contributed by atoms with Crippen LogP contribution in [-0.2, 0) is 11.3 Å². The molecule has 100 valence electrons. The molecule has 1 unspecified atom stereocenters. The van der Waals surface area contributed by atoms with Crippen molar-refractivity contribution in [2.45, 2.75) is 45.2 Å². The predicted octanol–water partition coefficient (Wildman–Crippen LogP) is 1.81. The van der Waals surface area contributed by atoms with Crippen molar-refractivity contribution in [1.29, 1.82) is 0 Å². The highest BCUT2D eigenvalue weighted by Crippen LogP contribution is 2.00. The minimum absolute atomic E-state index is 0.130. The van der Waals surface area contributed by atoms with Gasteiger partial charge in [-0.25, -0.2) is 4.98 Å². The van der Waals surface area contributed by atoms with Gasteiger partial charge in [0.1, 0.15) is 0 Å². The van der Waals surface area contributed by atoms with E-state index >= 15 is 0 Å². The van der Waals surface area contributed by atoms with Crippen LogP contribution in [-0.4, -0.2) is 28.8 Å². The van der Waals surface area contributed by atoms with Gasteiger partial charge < -0.3 is 15.0 Å². The molecule has 1 aromatic heterocycles. The summed E-state index contributed by atoms with van der Waals surface area (Å²) in [5.41, 5.74) is 5.98. The first-order valence-corrected chi connectivity index (χ1v) is 6.51. The van der Waals surface area contributed by atoms with Crippen molar-refractivity contribution in [3.05, 3.63) is 18.7 Å². The van der Waals surface area contributed by atoms with E-state index in [1.807, 2.05) is 19.4 Å². The Labute approximate surface area is 110 Å². The lowest BCUT2D eigenvalue weighted by molar-refractivity contribution is 0.116. The van der Waals surface area contributed by atoms with Crippen LogP contribution in [0.5, 0.6) is 0 Å². The Morgan fingerprint density at radius 1 is 1.44 bits per heavy atom. The van der Waals surface area contributed by atoms with Crippen molar-refractivity contribution in [2.24, 2.45) is 5.73 Å². The highest BCUT2D eigenvalue weighted by molar-refractivity contribution is 4.94. The van der Waals surface area contributed by atoms with Gasteiger partial charge in [0.2, 0.25) is 0 Å². The van der Waals surface area contributed by atoms with Crippen molar-refractivity contribution in [2.75, 3.05) is 13.2 Å². The first kappa shape index (κ1) is 14.7. The molecule has 1 heterocycles. The van der Waals surface area contributed by atoms with Crippen molar-refractivity contribution in [1.82, 2.24) is 9.55 Å². The molecule has 1 aromatic rings. The number of nitrogens with zero attached hydrogens (tertiary/aromatic N) is 2. The maximum Gasteiger partial charge on any atom is 0.0945 e. The third-order valence-electron chi connectivity index (χ3n) is 2.65. The summed E-state index contributed by atoms with van der Waals surface area (Å²) in [4.78, 5) is 4.00. The Kier molecular flexibility index (Phi) is 7.94. The highest BCUT2D eigenvalue weighted by atomic mass is 16.5. The number of aryl methyl sites for hydroxylation is 1. The van der Waals surface area contributed by atoms with Gasteiger partial charge in [-0.15, -0.1) is 11.8 Å². The molecule has 1 rings (SSSR count). The van der Waals surface area contributed by atoms with Crippen molar-refractivity contribution >= 4 is 0 Å². The lowest BCUT2D eigenvalue weighted by atomic mass is 10.2. The van der Waals surface area contributed by atoms with E-state index in [9.17, 15) is 0 Å². The van der Waals surface area contributed by atoms with Gasteiger partial charge in [0.15, 0.2) is 0 Å². The Balaban J connectivity index is 1.93. The third kappa shape index (κ3) is 7.10. The van der Waals surface area contributed by atoms with E-state index < -0.39 is 0 Å². The van der Waals surface area contributed by atoms with Crippen LogP contribution in [0.15, 0.2) is 18.7 Å². The third-order valence-corrected chi connectivity index (χ3v) is 2.65. The quantitative estimate of drug-likeness (QED) is 0.536. The lowest BCUT2D eigenvalue weighted by Gasteiger charge is -2.11. The first-order chi connectivity index (χ1) is 8.83. The molecule has 0 radical (unpaired) electrons. The second-order valence-electron chi connectivity index (χ2n) is 4.31. The van der Waals surface area contributed by atoms with Crippen LogP contribution in [0.2, 0.25) is 0 Å². The van der Waals surface area contributed by atoms with Gasteiger partial charge in [-0.05, 0) is 26.2 Å². The normalized spacial score (nSPS) is 11.9. The minimum atomic E-state index is 0.130. The summed E-state index contributed by atoms with van der Waals surface area (Å²) in [6.07, 6.45) is 9.53. The molecule has 0 spiro atoms. The van der Waals surface area contributed by atoms with Gasteiger partial charge in [0.25, 0.3) is 0 Å². The minimum Gasteiger partial charge on any atom is -0.380 e. The SMILES string of the molecule is CC#CCCCOCC(N)CCCn1ccnc1. The van der Waals surface area contributed by atoms with E-state index in [0.29, 0.717) is 6.61 Å². The molecule has 0 aliphatic rings. The van der Waals surface area contributed by atoms with Gasteiger partial charge in [-0.3, -0.25) is 0 Å². The van der Waals surface area contributed by atoms with Crippen LogP contribution in [0, 0.1) is 11.8 Å². The van der Waals surface area contributed by atoms with Crippen LogP contribution >= 0.6 is 0 Å². The number of aromatic nitrogens is 2. The van der Waals surface area contributed by atoms with E-state index in [1.165, 1.54) is 0 Å². The Hall–Kier alpha value is -1.31. The van der Waals surface area contributed by atoms with Crippen LogP contribution < -0.4 is 5.73 Å². The smallest absolute Gasteiger partial charge is 0.0945 e. The van der Waals surface area contributed by atoms with Crippen molar-refractivity contribution in [3.8, 4) is 11.8 Å². The second kappa shape index (κ2) is 9.69. The lowest BCUT2D eigenvalue weighted by Crippen LogP contribution is -2.26. The topological polar surface area (TPSA) is 53.1 Å². The average Bonchev–Trinajstić information content (AvgIpc) is 2.87. The number of ether oxygens (including phenoxy) is 1. The predicted molar refractivity (Wildman–Crippen MR) is 72.9 cm³/mol. The van der Waals surface area contributed by atoms with Gasteiger partial charge in [0, 0.05) is 38.0 Å². The first-order valence-electron chi connectivity index (χ1n) is 6.51. The summed E-state index contributed by atoms with van der Waals surface area (Å²) >= 11 is 0. The molecule has 0 amide bonds. The van der Waals surface area contributed by atoms with E-state index in [4.69, 9.17) is 10.5 Å². The molecule has 0 aromatic carbocycles. The van der Waals surface area contributed by atoms with Crippen LogP contribution in [0.3, 0.4) is 0 Å². The summed E-state index contributed by atoms with van der Waals surface area (Å²) in [5, 5.41) is 0. The van der Waals surface area contributed by atoms with Gasteiger partial charge >= 0.3 is 0 Å². The molecule has 0 fully saturated rings. The monoisotopic (exact) mass is 249 g/mol. The molecular weight excluding hydrogens is 226 g/mol. The maximum atomic E-state index is 5.98. The standard InChI is InChI=1S/C14H23N3O/c1-2-3-4-5-11-18-12-14(15)7-6-9-17-10-8-16-13-17/h8,10,13-14H,4-7,9,11-12,15H2,1H3. The zero-order chi connectivity index (χ0) is 13.1. The molecule has 2 N–H and O–H groups in total. The van der Waals surface area contributed by atoms with Gasteiger partial charge in [-0.1, -0.05) is 0 Å². The molecule has 18 heavy (non-hydrogen) atoms. The van der Waals surface area contributed by atoms with Crippen molar-refractivity contribution in [3.63, 3.8) is 0 Å². The van der Waals surface area contributed by atoms with E-state index in [0.717, 1.165) is 38.8 Å². The molecule has 4 nitrogen and oxygen atoms in total. The van der Waals surface area contributed by atoms with Crippen LogP contribution in [0.25, 0.3) is 0 Å². The molecule has 1 atom stereocenters. The summed E-state index contributed by atoms with van der Waals surface area (Å²) < 4.78 is 7.58. The van der Waals surface area contributed by atoms with Crippen molar-refractivity contribution < 1.29 is 4.74 Å². The molecule has 0 saturated carbocycles. The summed E-state index contributed by atoms with van der Waals surface area (Å²) in [6, 6.07) is 0.130. The largest absolute Gasteiger partial charge is 0.380 e. The summed E-state index contributed by atoms with van der Waals surface area (Å²) in [7, 11) is 0. The summed E-state index contributed by atoms with van der Waals surface area (Å²) in [6.45, 7) is 4.23. The fourth-order valence-corrected chi connectivity index (χ4v) is 1.66. The van der Waals surface area contributed by atoms with Crippen LogP contribution in [0.4, 0.5) is 0 Å². The molecule has 0 saturated heterocycles. The second-order valence-corrected chi connectivity index (χ2v) is 4.31. The Bertz CT molecular complexity index is 351. The molecule has 4 heteroatoms. The number of hydrogen-bond acceptors (Lipinski definition) is 3. The Morgan fingerprint density at radius 2 is 2.33 bits per heavy atom. The van der Waals surface area contributed by atoms with E-state index in [-0.39, 0.29) is 6.04 Å². The molecule has 0 bridgehead atoms. The highest BCUT2D eigenvalue weighted by Gasteiger charge is 2.02. The maximum absolute atomic E-state index is 5.98. The van der Waals surface area contributed by atoms with E-state index in [1.54, 1.807) is 6.20 Å². The number of imidazole rings is 1. The number of hydrogen-bond donors (Lipinski definition) is 1. The zero-order valence-electron chi connectivity index (χ0n) is 11.1. The fourth-order valence-electron chi connectivity index (χ4n) is 1.66. The zero-order valence-corrected chi connectivity index (χ0v) is 11.1. The fraction of sp³-hybridized carbons (Fsp3) is 0.643. The average molecular weight is 249 g/mol. The number of nitrogens with two attached hydrogens (primary N) is 1. The van der Waals surface area contributed by atoms with E-state index in [2.05, 4.69) is 21.4 Å². The molecular formula is C14H23N3O. The van der Waals surface area contributed by atoms with Gasteiger partial charge in [-0.2, -0.15) is 0 Å². The number of rotatable bonds is 9. The molecule has 0 aliphatic carbocycles. The summed E-state index contributed by atoms with van der Waals surface area (Å²) in [5.74, 6) is 5.89. The van der Waals surface area contributed by atoms with Gasteiger partial charge in [0.05, 0.1) is 12.9 Å². The number of unbranched alkanes of at least 4 members (excludes halogenated alkanes) is 1. The molecule has 0 aliphatic heterocycles. The Morgan fingerprint density at radius 3 is 3.06 bits per heavy atom. The van der Waals surface area contributed by atoms with Crippen LogP contribution in [0.1, 0.15) is 32.6 Å².